The van der Waals surface area contributed by atoms with Crippen LogP contribution in [0.4, 0.5) is 0 Å². The van der Waals surface area contributed by atoms with E-state index >= 15 is 0 Å². The van der Waals surface area contributed by atoms with Crippen LogP contribution in [0.2, 0.25) is 5.02 Å². The molecule has 180 valence electrons. The van der Waals surface area contributed by atoms with Crippen LogP contribution in [0.5, 0.6) is 5.75 Å². The van der Waals surface area contributed by atoms with E-state index in [1.165, 1.54) is 19.2 Å². The van der Waals surface area contributed by atoms with E-state index < -0.39 is 29.6 Å². The number of methoxy groups -OCH3 is 1. The first-order valence-electron chi connectivity index (χ1n) is 11.0. The summed E-state index contributed by atoms with van der Waals surface area (Å²) in [5.74, 6) is -2.61. The van der Waals surface area contributed by atoms with Crippen molar-refractivity contribution < 1.29 is 29.0 Å². The molecule has 0 aliphatic carbocycles. The van der Waals surface area contributed by atoms with Gasteiger partial charge in [0.15, 0.2) is 0 Å². The molecule has 1 heterocycles. The molecule has 3 rings (SSSR count). The van der Waals surface area contributed by atoms with Crippen LogP contribution >= 0.6 is 11.6 Å². The summed E-state index contributed by atoms with van der Waals surface area (Å²) in [7, 11) is 1.52. The lowest BCUT2D eigenvalue weighted by atomic mass is 9.91. The largest absolute Gasteiger partial charge is 0.496 e. The molecule has 0 bridgehead atoms. The van der Waals surface area contributed by atoms with Crippen molar-refractivity contribution in [2.45, 2.75) is 32.1 Å². The third-order valence-electron chi connectivity index (χ3n) is 6.02. The number of hydrogen-bond acceptors (Lipinski definition) is 5. The van der Waals surface area contributed by atoms with E-state index in [0.29, 0.717) is 22.8 Å². The molecule has 0 aromatic heterocycles. The van der Waals surface area contributed by atoms with E-state index in [-0.39, 0.29) is 37.4 Å². The lowest BCUT2D eigenvalue weighted by molar-refractivity contribution is -0.148. The number of carboxylic acids is 1. The molecule has 0 spiro atoms. The number of nitrogens with zero attached hydrogens (tertiary/aromatic N) is 1. The van der Waals surface area contributed by atoms with Gasteiger partial charge in [-0.3, -0.25) is 19.3 Å². The Labute approximate surface area is 202 Å². The highest BCUT2D eigenvalue weighted by atomic mass is 35.5. The zero-order valence-corrected chi connectivity index (χ0v) is 19.8. The molecule has 34 heavy (non-hydrogen) atoms. The quantitative estimate of drug-likeness (QED) is 0.592. The number of halogens is 1. The van der Waals surface area contributed by atoms with Gasteiger partial charge in [-0.2, -0.15) is 0 Å². The molecule has 2 N–H and O–H groups in total. The minimum Gasteiger partial charge on any atom is -0.496 e. The summed E-state index contributed by atoms with van der Waals surface area (Å²) >= 11 is 6.11. The fourth-order valence-electron chi connectivity index (χ4n) is 4.08. The number of imide groups is 1. The van der Waals surface area contributed by atoms with Crippen LogP contribution in [0, 0.1) is 5.92 Å². The first kappa shape index (κ1) is 25.2. The van der Waals surface area contributed by atoms with Gasteiger partial charge in [-0.15, -0.1) is 0 Å². The van der Waals surface area contributed by atoms with Gasteiger partial charge in [0.1, 0.15) is 12.3 Å². The molecule has 0 unspecified atom stereocenters. The molecule has 1 aliphatic heterocycles. The normalized spacial score (nSPS) is 17.0. The van der Waals surface area contributed by atoms with Crippen LogP contribution in [0.25, 0.3) is 0 Å². The van der Waals surface area contributed by atoms with Crippen molar-refractivity contribution in [1.82, 2.24) is 10.2 Å². The average molecular weight is 487 g/mol. The number of aromatic carboxylic acids is 1. The van der Waals surface area contributed by atoms with E-state index in [9.17, 15) is 19.2 Å². The van der Waals surface area contributed by atoms with E-state index in [0.717, 1.165) is 10.5 Å². The highest BCUT2D eigenvalue weighted by Crippen LogP contribution is 2.28. The number of nitrogens with one attached hydrogen (secondary N) is 1. The molecule has 2 atom stereocenters. The predicted molar refractivity (Wildman–Crippen MR) is 126 cm³/mol. The Morgan fingerprint density at radius 2 is 1.91 bits per heavy atom. The summed E-state index contributed by atoms with van der Waals surface area (Å²) in [5, 5.41) is 12.3. The first-order chi connectivity index (χ1) is 16.2. The van der Waals surface area contributed by atoms with Crippen molar-refractivity contribution in [1.29, 1.82) is 0 Å². The number of benzene rings is 2. The van der Waals surface area contributed by atoms with Crippen LogP contribution in [0.3, 0.4) is 0 Å². The maximum atomic E-state index is 13.3. The molecule has 1 fully saturated rings. The standard InChI is InChI=1S/C25H27ClN2O6/c1-3-15(16-4-6-17(7-5-16)25(32)33)12-23(30)28-14-22(29)27-13-19(24(28)31)10-18-11-20(26)8-9-21(18)34-2/h4-9,11,15,19H,3,10,12-14H2,1-2H3,(H,27,29)(H,32,33)/t15-,19+/m0/s1. The van der Waals surface area contributed by atoms with Gasteiger partial charge in [0.2, 0.25) is 17.7 Å². The molecule has 2 aromatic carbocycles. The highest BCUT2D eigenvalue weighted by molar-refractivity contribution is 6.30. The molecule has 9 heteroatoms. The monoisotopic (exact) mass is 486 g/mol. The van der Waals surface area contributed by atoms with Gasteiger partial charge in [0, 0.05) is 18.0 Å². The van der Waals surface area contributed by atoms with Crippen molar-refractivity contribution in [2.24, 2.45) is 5.92 Å². The van der Waals surface area contributed by atoms with Crippen LogP contribution < -0.4 is 10.1 Å². The number of carboxylic acid groups (broad SMARTS) is 1. The van der Waals surface area contributed by atoms with Crippen LogP contribution in [-0.2, 0) is 20.8 Å². The third kappa shape index (κ3) is 5.94. The number of carbonyl (C=O) groups excluding carboxylic acids is 3. The Morgan fingerprint density at radius 1 is 1.21 bits per heavy atom. The van der Waals surface area contributed by atoms with Crippen molar-refractivity contribution in [3.05, 3.63) is 64.2 Å². The Kier molecular flexibility index (Phi) is 8.28. The molecule has 3 amide bonds. The molecule has 8 nitrogen and oxygen atoms in total. The number of ether oxygens (including phenoxy) is 1. The van der Waals surface area contributed by atoms with E-state index in [1.54, 1.807) is 30.3 Å². The summed E-state index contributed by atoms with van der Waals surface area (Å²) in [5.41, 5.74) is 1.67. The van der Waals surface area contributed by atoms with E-state index in [2.05, 4.69) is 5.32 Å². The molecule has 1 aliphatic rings. The highest BCUT2D eigenvalue weighted by Gasteiger charge is 2.35. The van der Waals surface area contributed by atoms with Crippen molar-refractivity contribution in [2.75, 3.05) is 20.2 Å². The zero-order chi connectivity index (χ0) is 24.8. The van der Waals surface area contributed by atoms with Gasteiger partial charge in [0.25, 0.3) is 0 Å². The van der Waals surface area contributed by atoms with Crippen LogP contribution in [0.15, 0.2) is 42.5 Å². The molecular weight excluding hydrogens is 460 g/mol. The maximum absolute atomic E-state index is 13.3. The van der Waals surface area contributed by atoms with Crippen molar-refractivity contribution in [3.63, 3.8) is 0 Å². The number of carbonyl (C=O) groups is 4. The minimum atomic E-state index is -1.03. The smallest absolute Gasteiger partial charge is 0.335 e. The predicted octanol–water partition coefficient (Wildman–Crippen LogP) is 3.27. The summed E-state index contributed by atoms with van der Waals surface area (Å²) in [6, 6.07) is 11.4. The molecule has 1 saturated heterocycles. The van der Waals surface area contributed by atoms with Gasteiger partial charge in [-0.1, -0.05) is 30.7 Å². The van der Waals surface area contributed by atoms with Crippen molar-refractivity contribution >= 4 is 35.3 Å². The fourth-order valence-corrected chi connectivity index (χ4v) is 4.28. The molecule has 2 aromatic rings. The molecular formula is C25H27ClN2O6. The fraction of sp³-hybridized carbons (Fsp3) is 0.360. The Balaban J connectivity index is 1.79. The Hall–Kier alpha value is -3.39. The number of rotatable bonds is 8. The zero-order valence-electron chi connectivity index (χ0n) is 19.0. The second-order valence-electron chi connectivity index (χ2n) is 8.22. The lowest BCUT2D eigenvalue weighted by Crippen LogP contribution is -2.43. The third-order valence-corrected chi connectivity index (χ3v) is 6.25. The van der Waals surface area contributed by atoms with Crippen LogP contribution in [-0.4, -0.2) is 53.9 Å². The summed E-state index contributed by atoms with van der Waals surface area (Å²) in [6.07, 6.45) is 0.880. The Bertz CT molecular complexity index is 1090. The van der Waals surface area contributed by atoms with Gasteiger partial charge in [-0.05, 0) is 60.2 Å². The minimum absolute atomic E-state index is 0.0230. The van der Waals surface area contributed by atoms with Crippen LogP contribution in [0.1, 0.15) is 47.2 Å². The number of hydrogen-bond donors (Lipinski definition) is 2. The van der Waals surface area contributed by atoms with E-state index in [1.807, 2.05) is 6.92 Å². The topological polar surface area (TPSA) is 113 Å². The van der Waals surface area contributed by atoms with Gasteiger partial charge in [0.05, 0.1) is 18.6 Å². The summed E-state index contributed by atoms with van der Waals surface area (Å²) < 4.78 is 5.37. The molecule has 0 saturated carbocycles. The Morgan fingerprint density at radius 3 is 2.53 bits per heavy atom. The lowest BCUT2D eigenvalue weighted by Gasteiger charge is -2.24. The summed E-state index contributed by atoms with van der Waals surface area (Å²) in [6.45, 7) is 1.68. The van der Waals surface area contributed by atoms with Gasteiger partial charge >= 0.3 is 5.97 Å². The SMILES string of the molecule is CC[C@@H](CC(=O)N1CC(=O)NC[C@@H](Cc2cc(Cl)ccc2OC)C1=O)c1ccc(C(=O)O)cc1. The maximum Gasteiger partial charge on any atom is 0.335 e. The molecule has 0 radical (unpaired) electrons. The summed E-state index contributed by atoms with van der Waals surface area (Å²) in [4.78, 5) is 50.9. The van der Waals surface area contributed by atoms with E-state index in [4.69, 9.17) is 21.4 Å². The van der Waals surface area contributed by atoms with Gasteiger partial charge < -0.3 is 15.2 Å². The van der Waals surface area contributed by atoms with Gasteiger partial charge in [-0.25, -0.2) is 4.79 Å². The second kappa shape index (κ2) is 11.2. The second-order valence-corrected chi connectivity index (χ2v) is 8.65. The van der Waals surface area contributed by atoms with Crippen molar-refractivity contribution in [3.8, 4) is 5.75 Å². The first-order valence-corrected chi connectivity index (χ1v) is 11.4. The number of amides is 3. The average Bonchev–Trinajstić information content (AvgIpc) is 2.96.